The van der Waals surface area contributed by atoms with Crippen molar-refractivity contribution in [2.75, 3.05) is 36.5 Å². The van der Waals surface area contributed by atoms with Gasteiger partial charge in [0, 0.05) is 48.3 Å². The van der Waals surface area contributed by atoms with Gasteiger partial charge in [0.25, 0.3) is 0 Å². The van der Waals surface area contributed by atoms with Crippen molar-refractivity contribution in [1.29, 1.82) is 0 Å². The van der Waals surface area contributed by atoms with E-state index in [0.29, 0.717) is 0 Å². The maximum absolute atomic E-state index is 12.3. The number of carbonyl (C=O) groups excluding carboxylic acids is 1. The van der Waals surface area contributed by atoms with E-state index in [0.717, 1.165) is 43.2 Å². The Morgan fingerprint density at radius 1 is 1.07 bits per heavy atom. The van der Waals surface area contributed by atoms with Gasteiger partial charge in [-0.05, 0) is 42.8 Å². The highest BCUT2D eigenvalue weighted by atomic mass is 16.5. The highest BCUT2D eigenvalue weighted by molar-refractivity contribution is 6.01. The van der Waals surface area contributed by atoms with Crippen LogP contribution in [-0.2, 0) is 9.53 Å². The number of aromatic nitrogens is 1. The molecule has 1 fully saturated rings. The largest absolute Gasteiger partial charge is 0.378 e. The Hall–Kier alpha value is -3.05. The van der Waals surface area contributed by atoms with Crippen LogP contribution in [0.4, 0.5) is 11.4 Å². The fraction of sp³-hybridized carbons (Fsp3) is 0.227. The number of rotatable bonds is 4. The van der Waals surface area contributed by atoms with Crippen LogP contribution in [0.1, 0.15) is 5.56 Å². The first-order chi connectivity index (χ1) is 13.2. The molecular formula is C22H23N3O2. The number of nitrogens with one attached hydrogen (secondary N) is 1. The van der Waals surface area contributed by atoms with Crippen molar-refractivity contribution in [3.8, 4) is 0 Å². The number of hydrogen-bond acceptors (Lipinski definition) is 3. The Bertz CT molecular complexity index is 967. The van der Waals surface area contributed by atoms with Crippen molar-refractivity contribution in [2.24, 2.45) is 0 Å². The van der Waals surface area contributed by atoms with E-state index in [-0.39, 0.29) is 5.91 Å². The highest BCUT2D eigenvalue weighted by Crippen LogP contribution is 2.21. The third-order valence-corrected chi connectivity index (χ3v) is 4.84. The van der Waals surface area contributed by atoms with Crippen LogP contribution in [0.2, 0.25) is 0 Å². The summed E-state index contributed by atoms with van der Waals surface area (Å²) in [4.78, 5) is 14.6. The summed E-state index contributed by atoms with van der Waals surface area (Å²) >= 11 is 0. The van der Waals surface area contributed by atoms with E-state index < -0.39 is 0 Å². The molecule has 0 radical (unpaired) electrons. The summed E-state index contributed by atoms with van der Waals surface area (Å²) in [5, 5.41) is 4.11. The number of hydrogen-bond donors (Lipinski definition) is 1. The van der Waals surface area contributed by atoms with Gasteiger partial charge in [0.2, 0.25) is 5.91 Å². The third kappa shape index (κ3) is 3.88. The molecule has 0 saturated carbocycles. The molecule has 5 heteroatoms. The first kappa shape index (κ1) is 17.4. The molecule has 138 valence electrons. The summed E-state index contributed by atoms with van der Waals surface area (Å²) in [6.07, 6.45) is 5.39. The molecule has 0 atom stereocenters. The SMILES string of the molecule is Cc1cn(/C=C/C(=O)Nc2ccc(N3CCOCC3)cc2)c2ccccc12. The minimum Gasteiger partial charge on any atom is -0.378 e. The zero-order valence-electron chi connectivity index (χ0n) is 15.4. The van der Waals surface area contributed by atoms with Gasteiger partial charge < -0.3 is 19.5 Å². The van der Waals surface area contributed by atoms with Gasteiger partial charge in [-0.15, -0.1) is 0 Å². The van der Waals surface area contributed by atoms with Crippen molar-refractivity contribution in [1.82, 2.24) is 4.57 Å². The molecule has 5 nitrogen and oxygen atoms in total. The quantitative estimate of drug-likeness (QED) is 0.717. The maximum Gasteiger partial charge on any atom is 0.249 e. The molecule has 1 aliphatic rings. The normalized spacial score (nSPS) is 14.8. The molecule has 1 amide bonds. The van der Waals surface area contributed by atoms with Crippen LogP contribution in [0.25, 0.3) is 17.1 Å². The van der Waals surface area contributed by atoms with Gasteiger partial charge in [-0.2, -0.15) is 0 Å². The fourth-order valence-electron chi connectivity index (χ4n) is 3.41. The van der Waals surface area contributed by atoms with Gasteiger partial charge in [0.15, 0.2) is 0 Å². The molecule has 2 aromatic carbocycles. The van der Waals surface area contributed by atoms with Gasteiger partial charge in [-0.1, -0.05) is 18.2 Å². The number of amides is 1. The van der Waals surface area contributed by atoms with Gasteiger partial charge >= 0.3 is 0 Å². The minimum atomic E-state index is -0.149. The molecule has 27 heavy (non-hydrogen) atoms. The minimum absolute atomic E-state index is 0.149. The van der Waals surface area contributed by atoms with Crippen LogP contribution in [-0.4, -0.2) is 36.8 Å². The number of nitrogens with zero attached hydrogens (tertiary/aromatic N) is 2. The van der Waals surface area contributed by atoms with Gasteiger partial charge in [0.1, 0.15) is 0 Å². The molecule has 0 unspecified atom stereocenters. The van der Waals surface area contributed by atoms with Gasteiger partial charge in [-0.25, -0.2) is 0 Å². The molecule has 0 aliphatic carbocycles. The summed E-state index contributed by atoms with van der Waals surface area (Å²) in [7, 11) is 0. The average molecular weight is 361 g/mol. The van der Waals surface area contributed by atoms with Crippen molar-refractivity contribution < 1.29 is 9.53 Å². The lowest BCUT2D eigenvalue weighted by Crippen LogP contribution is -2.36. The Morgan fingerprint density at radius 2 is 1.81 bits per heavy atom. The van der Waals surface area contributed by atoms with Crippen molar-refractivity contribution in [3.63, 3.8) is 0 Å². The first-order valence-electron chi connectivity index (χ1n) is 9.19. The lowest BCUT2D eigenvalue weighted by Gasteiger charge is -2.28. The molecule has 1 saturated heterocycles. The zero-order chi connectivity index (χ0) is 18.6. The van der Waals surface area contributed by atoms with E-state index in [1.54, 1.807) is 12.3 Å². The molecule has 0 bridgehead atoms. The number of para-hydroxylation sites is 1. The Kier molecular flexibility index (Phi) is 4.94. The van der Waals surface area contributed by atoms with E-state index in [4.69, 9.17) is 4.74 Å². The van der Waals surface area contributed by atoms with Crippen LogP contribution in [0.5, 0.6) is 0 Å². The molecule has 1 aliphatic heterocycles. The standard InChI is InChI=1S/C22H23N3O2/c1-17-16-25(21-5-3-2-4-20(17)21)11-10-22(26)23-18-6-8-19(9-7-18)24-12-14-27-15-13-24/h2-11,16H,12-15H2,1H3,(H,23,26)/b11-10+. The molecule has 3 aromatic rings. The van der Waals surface area contributed by atoms with Gasteiger partial charge in [-0.3, -0.25) is 4.79 Å². The molecule has 1 aromatic heterocycles. The van der Waals surface area contributed by atoms with Crippen LogP contribution >= 0.6 is 0 Å². The number of ether oxygens (including phenoxy) is 1. The number of anilines is 2. The topological polar surface area (TPSA) is 46.5 Å². The van der Waals surface area contributed by atoms with E-state index in [9.17, 15) is 4.79 Å². The Morgan fingerprint density at radius 3 is 2.59 bits per heavy atom. The van der Waals surface area contributed by atoms with Crippen LogP contribution in [0, 0.1) is 6.92 Å². The van der Waals surface area contributed by atoms with E-state index in [2.05, 4.69) is 29.3 Å². The maximum atomic E-state index is 12.3. The summed E-state index contributed by atoms with van der Waals surface area (Å²) in [5.74, 6) is -0.149. The summed E-state index contributed by atoms with van der Waals surface area (Å²) in [6, 6.07) is 16.1. The molecule has 1 N–H and O–H groups in total. The first-order valence-corrected chi connectivity index (χ1v) is 9.19. The molecular weight excluding hydrogens is 338 g/mol. The highest BCUT2D eigenvalue weighted by Gasteiger charge is 2.11. The predicted molar refractivity (Wildman–Crippen MR) is 110 cm³/mol. The number of carbonyl (C=O) groups is 1. The zero-order valence-corrected chi connectivity index (χ0v) is 15.4. The van der Waals surface area contributed by atoms with E-state index in [1.807, 2.05) is 47.2 Å². The van der Waals surface area contributed by atoms with Crippen molar-refractivity contribution in [2.45, 2.75) is 6.92 Å². The third-order valence-electron chi connectivity index (χ3n) is 4.84. The Labute approximate surface area is 158 Å². The average Bonchev–Trinajstić information content (AvgIpc) is 3.04. The van der Waals surface area contributed by atoms with Crippen LogP contribution < -0.4 is 10.2 Å². The predicted octanol–water partition coefficient (Wildman–Crippen LogP) is 3.90. The van der Waals surface area contributed by atoms with Crippen molar-refractivity contribution in [3.05, 3.63) is 66.4 Å². The lowest BCUT2D eigenvalue weighted by molar-refractivity contribution is -0.111. The van der Waals surface area contributed by atoms with Crippen LogP contribution in [0.3, 0.4) is 0 Å². The monoisotopic (exact) mass is 361 g/mol. The fourth-order valence-corrected chi connectivity index (χ4v) is 3.41. The van der Waals surface area contributed by atoms with Crippen molar-refractivity contribution >= 4 is 34.4 Å². The number of benzene rings is 2. The van der Waals surface area contributed by atoms with E-state index in [1.165, 1.54) is 10.9 Å². The summed E-state index contributed by atoms with van der Waals surface area (Å²) in [6.45, 7) is 5.40. The lowest BCUT2D eigenvalue weighted by atomic mass is 10.2. The smallest absolute Gasteiger partial charge is 0.249 e. The molecule has 0 spiro atoms. The second kappa shape index (κ2) is 7.68. The second-order valence-corrected chi connectivity index (χ2v) is 6.69. The number of fused-ring (bicyclic) bond motifs is 1. The Balaban J connectivity index is 1.42. The summed E-state index contributed by atoms with van der Waals surface area (Å²) in [5.41, 5.74) is 4.22. The molecule has 2 heterocycles. The van der Waals surface area contributed by atoms with Gasteiger partial charge in [0.05, 0.1) is 18.7 Å². The van der Waals surface area contributed by atoms with Crippen LogP contribution in [0.15, 0.2) is 60.8 Å². The second-order valence-electron chi connectivity index (χ2n) is 6.69. The number of aryl methyl sites for hydroxylation is 1. The number of morpholine rings is 1. The summed E-state index contributed by atoms with van der Waals surface area (Å²) < 4.78 is 7.36. The van der Waals surface area contributed by atoms with E-state index >= 15 is 0 Å². The molecule has 4 rings (SSSR count).